The Morgan fingerprint density at radius 2 is 2.11 bits per heavy atom. The second-order valence-electron chi connectivity index (χ2n) is 4.00. The first-order valence-electron chi connectivity index (χ1n) is 5.59. The van der Waals surface area contributed by atoms with Gasteiger partial charge < -0.3 is 10.4 Å². The van der Waals surface area contributed by atoms with Crippen LogP contribution in [0.1, 0.15) is 18.0 Å². The molecule has 1 amide bonds. The largest absolute Gasteiger partial charge is 0.396 e. The maximum Gasteiger partial charge on any atom is 0.248 e. The summed E-state index contributed by atoms with van der Waals surface area (Å²) in [5.41, 5.74) is 0.754. The lowest BCUT2D eigenvalue weighted by molar-refractivity contribution is -0.126. The second-order valence-corrected chi connectivity index (χ2v) is 4.39. The summed E-state index contributed by atoms with van der Waals surface area (Å²) in [5, 5.41) is 12.3. The van der Waals surface area contributed by atoms with E-state index in [9.17, 15) is 9.18 Å². The number of carbonyl (C=O) groups is 1. The number of nitrogens with zero attached hydrogens (tertiary/aromatic N) is 1. The molecule has 0 aromatic heterocycles. The molecular weight excluding hydrogens is 255 g/mol. The van der Waals surface area contributed by atoms with Crippen molar-refractivity contribution in [2.24, 2.45) is 0 Å². The van der Waals surface area contributed by atoms with E-state index in [4.69, 9.17) is 17.3 Å². The fraction of sp³-hybridized carbons (Fsp3) is 0.333. The molecule has 2 N–H and O–H groups in total. The van der Waals surface area contributed by atoms with Crippen molar-refractivity contribution in [3.05, 3.63) is 35.6 Å². The van der Waals surface area contributed by atoms with Gasteiger partial charge in [0.2, 0.25) is 5.91 Å². The molecule has 1 aliphatic heterocycles. The molecule has 1 unspecified atom stereocenters. The summed E-state index contributed by atoms with van der Waals surface area (Å²) in [7, 11) is 0. The van der Waals surface area contributed by atoms with Gasteiger partial charge >= 0.3 is 0 Å². The number of benzene rings is 1. The van der Waals surface area contributed by atoms with Gasteiger partial charge in [0.05, 0.1) is 12.6 Å². The molecule has 0 bridgehead atoms. The summed E-state index contributed by atoms with van der Waals surface area (Å²) in [6, 6.07) is 5.51. The molecule has 1 saturated heterocycles. The van der Waals surface area contributed by atoms with Gasteiger partial charge in [-0.1, -0.05) is 12.1 Å². The Morgan fingerprint density at radius 3 is 2.61 bits per heavy atom. The number of aliphatic hydroxyl groups is 1. The highest BCUT2D eigenvalue weighted by Crippen LogP contribution is 2.26. The maximum atomic E-state index is 12.9. The van der Waals surface area contributed by atoms with E-state index in [1.165, 1.54) is 17.0 Å². The molecule has 1 aromatic carbocycles. The highest BCUT2D eigenvalue weighted by molar-refractivity contribution is 7.80. The minimum absolute atomic E-state index is 0.0750. The van der Waals surface area contributed by atoms with Crippen molar-refractivity contribution in [1.82, 2.24) is 10.2 Å². The zero-order valence-corrected chi connectivity index (χ0v) is 10.4. The van der Waals surface area contributed by atoms with Crippen LogP contribution in [0.15, 0.2) is 24.3 Å². The van der Waals surface area contributed by atoms with Crippen molar-refractivity contribution in [3.63, 3.8) is 0 Å². The third-order valence-electron chi connectivity index (χ3n) is 2.85. The summed E-state index contributed by atoms with van der Waals surface area (Å²) in [4.78, 5) is 13.2. The Morgan fingerprint density at radius 1 is 1.44 bits per heavy atom. The van der Waals surface area contributed by atoms with Crippen LogP contribution >= 0.6 is 12.2 Å². The Hall–Kier alpha value is -1.53. The van der Waals surface area contributed by atoms with E-state index >= 15 is 0 Å². The molecule has 0 aliphatic carbocycles. The van der Waals surface area contributed by atoms with Crippen molar-refractivity contribution in [3.8, 4) is 0 Å². The molecular formula is C12H13FN2O2S. The van der Waals surface area contributed by atoms with Crippen LogP contribution in [0.5, 0.6) is 0 Å². The summed E-state index contributed by atoms with van der Waals surface area (Å²) < 4.78 is 12.9. The molecule has 1 heterocycles. The van der Waals surface area contributed by atoms with Crippen molar-refractivity contribution >= 4 is 23.2 Å². The van der Waals surface area contributed by atoms with Gasteiger partial charge in [-0.25, -0.2) is 4.39 Å². The van der Waals surface area contributed by atoms with Crippen LogP contribution < -0.4 is 5.32 Å². The van der Waals surface area contributed by atoms with Gasteiger partial charge in [-0.2, -0.15) is 0 Å². The Balaban J connectivity index is 2.30. The monoisotopic (exact) mass is 268 g/mol. The maximum absolute atomic E-state index is 12.9. The van der Waals surface area contributed by atoms with Crippen molar-refractivity contribution in [2.75, 3.05) is 13.2 Å². The lowest BCUT2D eigenvalue weighted by atomic mass is 10.0. The van der Waals surface area contributed by atoms with Crippen LogP contribution in [0.4, 0.5) is 4.39 Å². The molecule has 96 valence electrons. The number of carbonyl (C=O) groups excluding carboxylic acids is 1. The zero-order valence-electron chi connectivity index (χ0n) is 9.60. The quantitative estimate of drug-likeness (QED) is 0.799. The molecule has 1 atom stereocenters. The Labute approximate surface area is 109 Å². The first kappa shape index (κ1) is 12.9. The van der Waals surface area contributed by atoms with Crippen LogP contribution in [0.2, 0.25) is 0 Å². The number of hydrogen-bond acceptors (Lipinski definition) is 3. The van der Waals surface area contributed by atoms with Gasteiger partial charge in [0, 0.05) is 6.61 Å². The lowest BCUT2D eigenvalue weighted by Gasteiger charge is -2.26. The standard InChI is InChI=1S/C12H13FN2O2S/c13-9-3-1-8(2-4-9)10(5-6-16)15-11(17)7-14-12(15)18/h1-4,10,16H,5-7H2,(H,14,18). The van der Waals surface area contributed by atoms with Gasteiger partial charge in [-0.15, -0.1) is 0 Å². The molecule has 2 rings (SSSR count). The van der Waals surface area contributed by atoms with Gasteiger partial charge in [-0.3, -0.25) is 9.69 Å². The second kappa shape index (κ2) is 5.41. The average Bonchev–Trinajstić information content (AvgIpc) is 2.68. The topological polar surface area (TPSA) is 52.6 Å². The normalized spacial score (nSPS) is 16.9. The molecule has 1 aromatic rings. The Bertz CT molecular complexity index is 448. The minimum atomic E-state index is -0.356. The van der Waals surface area contributed by atoms with E-state index < -0.39 is 0 Å². The third kappa shape index (κ3) is 2.49. The average molecular weight is 268 g/mol. The molecule has 1 fully saturated rings. The molecule has 18 heavy (non-hydrogen) atoms. The predicted molar refractivity (Wildman–Crippen MR) is 68.3 cm³/mol. The van der Waals surface area contributed by atoms with Crippen LogP contribution in [-0.2, 0) is 4.79 Å². The van der Waals surface area contributed by atoms with Gasteiger partial charge in [0.15, 0.2) is 5.11 Å². The number of hydrogen-bond donors (Lipinski definition) is 2. The molecule has 0 spiro atoms. The van der Waals surface area contributed by atoms with Crippen molar-refractivity contribution < 1.29 is 14.3 Å². The number of nitrogens with one attached hydrogen (secondary N) is 1. The SMILES string of the molecule is O=C1CNC(=S)N1C(CCO)c1ccc(F)cc1. The van der Waals surface area contributed by atoms with E-state index in [-0.39, 0.29) is 30.9 Å². The summed E-state index contributed by atoms with van der Waals surface area (Å²) >= 11 is 5.07. The number of halogens is 1. The Kier molecular flexibility index (Phi) is 3.88. The summed E-state index contributed by atoms with van der Waals surface area (Å²) in [6.45, 7) is 0.0936. The number of amides is 1. The number of rotatable bonds is 4. The van der Waals surface area contributed by atoms with Gasteiger partial charge in [-0.05, 0) is 36.3 Å². The molecule has 0 radical (unpaired) electrons. The van der Waals surface area contributed by atoms with Crippen molar-refractivity contribution in [1.29, 1.82) is 0 Å². The highest BCUT2D eigenvalue weighted by Gasteiger charge is 2.32. The highest BCUT2D eigenvalue weighted by atomic mass is 32.1. The summed E-state index contributed by atoms with van der Waals surface area (Å²) in [5.74, 6) is -0.474. The lowest BCUT2D eigenvalue weighted by Crippen LogP contribution is -2.35. The van der Waals surface area contributed by atoms with E-state index in [0.717, 1.165) is 5.56 Å². The first-order chi connectivity index (χ1) is 8.63. The summed E-state index contributed by atoms with van der Waals surface area (Å²) in [6.07, 6.45) is 0.360. The molecule has 0 saturated carbocycles. The first-order valence-corrected chi connectivity index (χ1v) is 6.00. The van der Waals surface area contributed by atoms with E-state index in [0.29, 0.717) is 11.5 Å². The molecule has 4 nitrogen and oxygen atoms in total. The molecule has 6 heteroatoms. The third-order valence-corrected chi connectivity index (χ3v) is 3.19. The van der Waals surface area contributed by atoms with E-state index in [1.807, 2.05) is 0 Å². The molecule has 1 aliphatic rings. The van der Waals surface area contributed by atoms with Crippen LogP contribution in [0.25, 0.3) is 0 Å². The zero-order chi connectivity index (χ0) is 13.1. The van der Waals surface area contributed by atoms with Gasteiger partial charge in [0.1, 0.15) is 5.82 Å². The van der Waals surface area contributed by atoms with Crippen LogP contribution in [0.3, 0.4) is 0 Å². The van der Waals surface area contributed by atoms with E-state index in [2.05, 4.69) is 5.32 Å². The smallest absolute Gasteiger partial charge is 0.248 e. The number of thiocarbonyl (C=S) groups is 1. The van der Waals surface area contributed by atoms with Gasteiger partial charge in [0.25, 0.3) is 0 Å². The fourth-order valence-corrected chi connectivity index (χ4v) is 2.30. The fourth-order valence-electron chi connectivity index (χ4n) is 2.00. The van der Waals surface area contributed by atoms with Crippen molar-refractivity contribution in [2.45, 2.75) is 12.5 Å². The predicted octanol–water partition coefficient (Wildman–Crippen LogP) is 0.966. The van der Waals surface area contributed by atoms with E-state index in [1.54, 1.807) is 12.1 Å². The number of aliphatic hydroxyl groups excluding tert-OH is 1. The van der Waals surface area contributed by atoms with Crippen LogP contribution in [-0.4, -0.2) is 34.2 Å². The minimum Gasteiger partial charge on any atom is -0.396 e. The van der Waals surface area contributed by atoms with Crippen LogP contribution in [0, 0.1) is 5.82 Å².